The molecule has 1 unspecified atom stereocenters. The first kappa shape index (κ1) is 16.9. The molecule has 3 nitrogen and oxygen atoms in total. The van der Waals surface area contributed by atoms with Crippen molar-refractivity contribution in [3.63, 3.8) is 0 Å². The van der Waals surface area contributed by atoms with Crippen LogP contribution in [0, 0.1) is 0 Å². The topological polar surface area (TPSA) is 24.5 Å². The number of methoxy groups -OCH3 is 1. The number of ether oxygens (including phenoxy) is 1. The van der Waals surface area contributed by atoms with E-state index < -0.39 is 0 Å². The first-order chi connectivity index (χ1) is 8.19. The Kier molecular flexibility index (Phi) is 10.9. The van der Waals surface area contributed by atoms with Crippen molar-refractivity contribution in [2.45, 2.75) is 59.0 Å². The Bertz CT molecular complexity index is 160. The molecule has 0 aromatic heterocycles. The maximum atomic E-state index is 5.20. The highest BCUT2D eigenvalue weighted by atomic mass is 16.5. The molecule has 0 bridgehead atoms. The van der Waals surface area contributed by atoms with E-state index in [1.807, 2.05) is 0 Å². The Balaban J connectivity index is 3.99. The molecule has 0 heterocycles. The van der Waals surface area contributed by atoms with E-state index in [2.05, 4.69) is 37.9 Å². The van der Waals surface area contributed by atoms with Gasteiger partial charge in [0.05, 0.1) is 6.61 Å². The summed E-state index contributed by atoms with van der Waals surface area (Å²) in [6.07, 6.45) is 3.65. The van der Waals surface area contributed by atoms with E-state index in [-0.39, 0.29) is 0 Å². The maximum Gasteiger partial charge on any atom is 0.0589 e. The third-order valence-electron chi connectivity index (χ3n) is 3.55. The van der Waals surface area contributed by atoms with E-state index in [1.165, 1.54) is 19.3 Å². The Hall–Kier alpha value is -0.120. The lowest BCUT2D eigenvalue weighted by Gasteiger charge is -2.30. The minimum atomic E-state index is 0.626. The smallest absolute Gasteiger partial charge is 0.0589 e. The second kappa shape index (κ2) is 11.0. The van der Waals surface area contributed by atoms with Gasteiger partial charge in [-0.15, -0.1) is 0 Å². The Morgan fingerprint density at radius 2 is 1.71 bits per heavy atom. The fraction of sp³-hybridized carbons (Fsp3) is 1.00. The number of hydrogen-bond donors (Lipinski definition) is 1. The third kappa shape index (κ3) is 7.74. The molecule has 0 aliphatic heterocycles. The molecular formula is C14H32N2O. The lowest BCUT2D eigenvalue weighted by molar-refractivity contribution is 0.115. The molecule has 0 radical (unpaired) electrons. The fourth-order valence-electron chi connectivity index (χ4n) is 2.09. The van der Waals surface area contributed by atoms with Crippen molar-refractivity contribution in [1.29, 1.82) is 0 Å². The molecule has 0 aromatic rings. The average molecular weight is 244 g/mol. The van der Waals surface area contributed by atoms with Crippen LogP contribution in [0.15, 0.2) is 0 Å². The first-order valence-electron chi connectivity index (χ1n) is 7.15. The van der Waals surface area contributed by atoms with Crippen LogP contribution in [0.1, 0.15) is 47.0 Å². The maximum absolute atomic E-state index is 5.20. The van der Waals surface area contributed by atoms with Crippen LogP contribution >= 0.6 is 0 Å². The van der Waals surface area contributed by atoms with Gasteiger partial charge in [0.2, 0.25) is 0 Å². The highest BCUT2D eigenvalue weighted by Gasteiger charge is 2.14. The number of nitrogens with zero attached hydrogens (tertiary/aromatic N) is 1. The van der Waals surface area contributed by atoms with Crippen LogP contribution in [-0.2, 0) is 4.74 Å². The van der Waals surface area contributed by atoms with Gasteiger partial charge in [-0.1, -0.05) is 20.8 Å². The van der Waals surface area contributed by atoms with Crippen LogP contribution in [0.5, 0.6) is 0 Å². The molecule has 0 aliphatic rings. The summed E-state index contributed by atoms with van der Waals surface area (Å²) in [5.74, 6) is 0. The summed E-state index contributed by atoms with van der Waals surface area (Å²) in [5.41, 5.74) is 0. The number of rotatable bonds is 11. The number of hydrogen-bond acceptors (Lipinski definition) is 3. The van der Waals surface area contributed by atoms with Crippen LogP contribution in [0.3, 0.4) is 0 Å². The van der Waals surface area contributed by atoms with Crippen molar-refractivity contribution >= 4 is 0 Å². The molecule has 1 atom stereocenters. The molecule has 104 valence electrons. The standard InChI is InChI=1S/C14H32N2O/c1-6-13(4)15-9-10-16(11-12-17-5)14(7-2)8-3/h13-15H,6-12H2,1-5H3. The minimum Gasteiger partial charge on any atom is -0.383 e. The molecule has 0 rings (SSSR count). The summed E-state index contributed by atoms with van der Waals surface area (Å²) < 4.78 is 5.20. The van der Waals surface area contributed by atoms with Crippen molar-refractivity contribution in [3.8, 4) is 0 Å². The highest BCUT2D eigenvalue weighted by molar-refractivity contribution is 4.71. The third-order valence-corrected chi connectivity index (χ3v) is 3.55. The van der Waals surface area contributed by atoms with Gasteiger partial charge in [0.25, 0.3) is 0 Å². The van der Waals surface area contributed by atoms with Crippen LogP contribution < -0.4 is 5.32 Å². The van der Waals surface area contributed by atoms with Gasteiger partial charge in [0.15, 0.2) is 0 Å². The summed E-state index contributed by atoms with van der Waals surface area (Å²) in [4.78, 5) is 2.55. The lowest BCUT2D eigenvalue weighted by Crippen LogP contribution is -2.42. The highest BCUT2D eigenvalue weighted by Crippen LogP contribution is 2.07. The molecule has 0 saturated carbocycles. The Morgan fingerprint density at radius 1 is 1.06 bits per heavy atom. The molecule has 1 N–H and O–H groups in total. The zero-order valence-electron chi connectivity index (χ0n) is 12.5. The molecule has 0 amide bonds. The molecular weight excluding hydrogens is 212 g/mol. The average Bonchev–Trinajstić information content (AvgIpc) is 2.36. The van der Waals surface area contributed by atoms with Gasteiger partial charge in [-0.25, -0.2) is 0 Å². The van der Waals surface area contributed by atoms with Gasteiger partial charge in [-0.05, 0) is 26.2 Å². The molecule has 0 fully saturated rings. The zero-order valence-corrected chi connectivity index (χ0v) is 12.5. The summed E-state index contributed by atoms with van der Waals surface area (Å²) in [5, 5.41) is 3.56. The molecule has 0 saturated heterocycles. The SMILES string of the molecule is CCC(C)NCCN(CCOC)C(CC)CC. The predicted octanol–water partition coefficient (Wildman–Crippen LogP) is 2.51. The second-order valence-corrected chi connectivity index (χ2v) is 4.76. The molecule has 3 heteroatoms. The largest absolute Gasteiger partial charge is 0.383 e. The van der Waals surface area contributed by atoms with Crippen molar-refractivity contribution in [1.82, 2.24) is 10.2 Å². The molecule has 0 spiro atoms. The summed E-state index contributed by atoms with van der Waals surface area (Å²) in [6.45, 7) is 13.1. The quantitative estimate of drug-likeness (QED) is 0.604. The monoisotopic (exact) mass is 244 g/mol. The fourth-order valence-corrected chi connectivity index (χ4v) is 2.09. The van der Waals surface area contributed by atoms with Gasteiger partial charge in [0, 0.05) is 38.8 Å². The van der Waals surface area contributed by atoms with E-state index in [9.17, 15) is 0 Å². The van der Waals surface area contributed by atoms with Crippen LogP contribution in [0.4, 0.5) is 0 Å². The van der Waals surface area contributed by atoms with E-state index >= 15 is 0 Å². The first-order valence-corrected chi connectivity index (χ1v) is 7.15. The second-order valence-electron chi connectivity index (χ2n) is 4.76. The van der Waals surface area contributed by atoms with E-state index in [1.54, 1.807) is 7.11 Å². The van der Waals surface area contributed by atoms with Gasteiger partial charge in [0.1, 0.15) is 0 Å². The van der Waals surface area contributed by atoms with Crippen molar-refractivity contribution in [2.75, 3.05) is 33.4 Å². The van der Waals surface area contributed by atoms with Gasteiger partial charge in [-0.3, -0.25) is 4.90 Å². The van der Waals surface area contributed by atoms with E-state index in [0.717, 1.165) is 26.2 Å². The molecule has 0 aromatic carbocycles. The van der Waals surface area contributed by atoms with Crippen LogP contribution in [0.25, 0.3) is 0 Å². The van der Waals surface area contributed by atoms with Crippen molar-refractivity contribution in [3.05, 3.63) is 0 Å². The summed E-state index contributed by atoms with van der Waals surface area (Å²) >= 11 is 0. The summed E-state index contributed by atoms with van der Waals surface area (Å²) in [6, 6.07) is 1.32. The van der Waals surface area contributed by atoms with Crippen LogP contribution in [0.2, 0.25) is 0 Å². The van der Waals surface area contributed by atoms with Gasteiger partial charge in [-0.2, -0.15) is 0 Å². The van der Waals surface area contributed by atoms with Crippen molar-refractivity contribution < 1.29 is 4.74 Å². The number of nitrogens with one attached hydrogen (secondary N) is 1. The Labute approximate surface area is 108 Å². The predicted molar refractivity (Wildman–Crippen MR) is 75.6 cm³/mol. The molecule has 17 heavy (non-hydrogen) atoms. The summed E-state index contributed by atoms with van der Waals surface area (Å²) in [7, 11) is 1.78. The van der Waals surface area contributed by atoms with Gasteiger partial charge >= 0.3 is 0 Å². The molecule has 0 aliphatic carbocycles. The van der Waals surface area contributed by atoms with E-state index in [4.69, 9.17) is 4.74 Å². The van der Waals surface area contributed by atoms with E-state index in [0.29, 0.717) is 12.1 Å². The lowest BCUT2D eigenvalue weighted by atomic mass is 10.1. The minimum absolute atomic E-state index is 0.626. The van der Waals surface area contributed by atoms with Gasteiger partial charge < -0.3 is 10.1 Å². The van der Waals surface area contributed by atoms with Crippen molar-refractivity contribution in [2.24, 2.45) is 0 Å². The zero-order chi connectivity index (χ0) is 13.1. The van der Waals surface area contributed by atoms with Crippen LogP contribution in [-0.4, -0.2) is 50.3 Å². The Morgan fingerprint density at radius 3 is 2.18 bits per heavy atom. The normalized spacial score (nSPS) is 13.6.